The highest BCUT2D eigenvalue weighted by atomic mass is 35.5. The summed E-state index contributed by atoms with van der Waals surface area (Å²) in [7, 11) is 0. The minimum Gasteiger partial charge on any atom is -0.335 e. The summed E-state index contributed by atoms with van der Waals surface area (Å²) in [6.45, 7) is 4.59. The molecule has 2 N–H and O–H groups in total. The normalized spacial score (nSPS) is 14.0. The van der Waals surface area contributed by atoms with Crippen LogP contribution in [0, 0.1) is 0 Å². The first-order valence-electron chi connectivity index (χ1n) is 7.82. The van der Waals surface area contributed by atoms with Crippen molar-refractivity contribution in [3.63, 3.8) is 0 Å². The molecule has 0 atom stereocenters. The highest BCUT2D eigenvalue weighted by Gasteiger charge is 2.23. The van der Waals surface area contributed by atoms with Crippen LogP contribution in [-0.2, 0) is 13.0 Å². The number of halogens is 3. The van der Waals surface area contributed by atoms with E-state index in [1.807, 2.05) is 34.7 Å². The monoisotopic (exact) mass is 439 g/mol. The number of hydrogen-bond acceptors (Lipinski definition) is 6. The molecule has 1 fully saturated rings. The molecule has 1 aliphatic rings. The molecule has 26 heavy (non-hydrogen) atoms. The Morgan fingerprint density at radius 2 is 1.88 bits per heavy atom. The van der Waals surface area contributed by atoms with Crippen LogP contribution in [-0.4, -0.2) is 58.4 Å². The first-order chi connectivity index (χ1) is 11.3. The maximum Gasteiger partial charge on any atom is 0.273 e. The number of rotatable bonds is 5. The van der Waals surface area contributed by atoms with Gasteiger partial charge in [-0.1, -0.05) is 6.07 Å². The predicted molar refractivity (Wildman–Crippen MR) is 112 cm³/mol. The number of carbonyl (C=O) groups excluding carboxylic acids is 1. The number of amides is 1. The van der Waals surface area contributed by atoms with Crippen LogP contribution in [0.25, 0.3) is 0 Å². The van der Waals surface area contributed by atoms with Crippen molar-refractivity contribution in [1.82, 2.24) is 19.8 Å². The third-order valence-corrected chi connectivity index (χ3v) is 4.81. The second-order valence-electron chi connectivity index (χ2n) is 5.55. The number of piperazine rings is 1. The smallest absolute Gasteiger partial charge is 0.273 e. The highest BCUT2D eigenvalue weighted by molar-refractivity contribution is 7.09. The van der Waals surface area contributed by atoms with E-state index >= 15 is 0 Å². The second-order valence-corrected chi connectivity index (χ2v) is 6.50. The number of aromatic nitrogens is 2. The standard InChI is InChI=1S/C16H21N5OS.3ClH/c17-5-4-15-19-14(12-23-15)16(22)21-9-7-20(8-10-21)11-13-3-1-2-6-18-13;;;/h1-3,6,12H,4-5,7-11,17H2;3*1H. The molecule has 0 bridgehead atoms. The topological polar surface area (TPSA) is 75.3 Å². The highest BCUT2D eigenvalue weighted by Crippen LogP contribution is 2.14. The maximum absolute atomic E-state index is 12.5. The van der Waals surface area contributed by atoms with Gasteiger partial charge in [0.1, 0.15) is 5.69 Å². The van der Waals surface area contributed by atoms with Crippen LogP contribution in [0.5, 0.6) is 0 Å². The molecule has 3 rings (SSSR count). The summed E-state index contributed by atoms with van der Waals surface area (Å²) < 4.78 is 0. The largest absolute Gasteiger partial charge is 0.335 e. The molecule has 0 saturated carbocycles. The summed E-state index contributed by atoms with van der Waals surface area (Å²) in [5.41, 5.74) is 7.15. The number of hydrogen-bond donors (Lipinski definition) is 1. The lowest BCUT2D eigenvalue weighted by Gasteiger charge is -2.34. The van der Waals surface area contributed by atoms with Gasteiger partial charge in [0.2, 0.25) is 0 Å². The van der Waals surface area contributed by atoms with E-state index in [9.17, 15) is 4.79 Å². The molecular weight excluding hydrogens is 417 g/mol. The second kappa shape index (κ2) is 12.4. The fourth-order valence-corrected chi connectivity index (χ4v) is 3.43. The minimum absolute atomic E-state index is 0. The van der Waals surface area contributed by atoms with Crippen LogP contribution >= 0.6 is 48.6 Å². The van der Waals surface area contributed by atoms with E-state index in [0.717, 1.165) is 49.8 Å². The van der Waals surface area contributed by atoms with Gasteiger partial charge in [-0.15, -0.1) is 48.6 Å². The Bertz CT molecular complexity index is 650. The summed E-state index contributed by atoms with van der Waals surface area (Å²) in [4.78, 5) is 25.4. The molecule has 10 heteroatoms. The van der Waals surface area contributed by atoms with Gasteiger partial charge < -0.3 is 10.6 Å². The van der Waals surface area contributed by atoms with Gasteiger partial charge in [-0.05, 0) is 18.7 Å². The number of pyridine rings is 1. The van der Waals surface area contributed by atoms with Crippen molar-refractivity contribution in [1.29, 1.82) is 0 Å². The SMILES string of the molecule is Cl.Cl.Cl.NCCc1nc(C(=O)N2CCN(Cc3ccccn3)CC2)cs1. The van der Waals surface area contributed by atoms with Gasteiger partial charge in [0.15, 0.2) is 0 Å². The Hall–Kier alpha value is -0.960. The molecule has 146 valence electrons. The van der Waals surface area contributed by atoms with Gasteiger partial charge in [-0.3, -0.25) is 14.7 Å². The van der Waals surface area contributed by atoms with Gasteiger partial charge in [0, 0.05) is 50.7 Å². The summed E-state index contributed by atoms with van der Waals surface area (Å²) in [6, 6.07) is 5.96. The Kier molecular flexibility index (Phi) is 12.0. The minimum atomic E-state index is 0. The zero-order valence-corrected chi connectivity index (χ0v) is 17.5. The summed E-state index contributed by atoms with van der Waals surface area (Å²) >= 11 is 1.51. The van der Waals surface area contributed by atoms with Gasteiger partial charge in [-0.25, -0.2) is 4.98 Å². The van der Waals surface area contributed by atoms with Crippen molar-refractivity contribution >= 4 is 54.5 Å². The van der Waals surface area contributed by atoms with Crippen molar-refractivity contribution < 1.29 is 4.79 Å². The summed E-state index contributed by atoms with van der Waals surface area (Å²) in [5.74, 6) is 0.0296. The van der Waals surface area contributed by atoms with Gasteiger partial charge >= 0.3 is 0 Å². The first kappa shape index (κ1) is 25.0. The molecule has 1 aliphatic heterocycles. The summed E-state index contributed by atoms with van der Waals surface area (Å²) in [5, 5.41) is 2.78. The van der Waals surface area contributed by atoms with Crippen LogP contribution in [0.3, 0.4) is 0 Å². The average molecular weight is 441 g/mol. The van der Waals surface area contributed by atoms with Crippen LogP contribution in [0.4, 0.5) is 0 Å². The van der Waals surface area contributed by atoms with Crippen molar-refractivity contribution in [2.24, 2.45) is 5.73 Å². The number of thiazole rings is 1. The predicted octanol–water partition coefficient (Wildman–Crippen LogP) is 2.26. The molecule has 6 nitrogen and oxygen atoms in total. The van der Waals surface area contributed by atoms with E-state index in [2.05, 4.69) is 14.9 Å². The molecule has 0 aromatic carbocycles. The fraction of sp³-hybridized carbons (Fsp3) is 0.438. The number of carbonyl (C=O) groups is 1. The van der Waals surface area contributed by atoms with Crippen molar-refractivity contribution in [2.45, 2.75) is 13.0 Å². The third kappa shape index (κ3) is 6.64. The lowest BCUT2D eigenvalue weighted by molar-refractivity contribution is 0.0622. The van der Waals surface area contributed by atoms with Gasteiger partial charge in [0.05, 0.1) is 10.7 Å². The Morgan fingerprint density at radius 3 is 2.50 bits per heavy atom. The third-order valence-electron chi connectivity index (χ3n) is 3.90. The zero-order valence-electron chi connectivity index (χ0n) is 14.2. The Labute approximate surface area is 176 Å². The average Bonchev–Trinajstić information content (AvgIpc) is 3.05. The molecular formula is C16H24Cl3N5OS. The van der Waals surface area contributed by atoms with Gasteiger partial charge in [0.25, 0.3) is 5.91 Å². The van der Waals surface area contributed by atoms with E-state index in [0.29, 0.717) is 12.2 Å². The molecule has 2 aromatic rings. The van der Waals surface area contributed by atoms with E-state index in [-0.39, 0.29) is 43.1 Å². The summed E-state index contributed by atoms with van der Waals surface area (Å²) in [6.07, 6.45) is 2.55. The maximum atomic E-state index is 12.5. The van der Waals surface area contributed by atoms with E-state index in [4.69, 9.17) is 5.73 Å². The van der Waals surface area contributed by atoms with Crippen LogP contribution in [0.1, 0.15) is 21.2 Å². The fourth-order valence-electron chi connectivity index (χ4n) is 2.64. The van der Waals surface area contributed by atoms with Crippen molar-refractivity contribution in [2.75, 3.05) is 32.7 Å². The van der Waals surface area contributed by atoms with E-state index < -0.39 is 0 Å². The molecule has 0 unspecified atom stereocenters. The van der Waals surface area contributed by atoms with Crippen LogP contribution < -0.4 is 5.73 Å². The first-order valence-corrected chi connectivity index (χ1v) is 8.70. The molecule has 1 amide bonds. The Balaban J connectivity index is 0.00000208. The van der Waals surface area contributed by atoms with Crippen molar-refractivity contribution in [3.8, 4) is 0 Å². The Morgan fingerprint density at radius 1 is 1.15 bits per heavy atom. The zero-order chi connectivity index (χ0) is 16.1. The molecule has 3 heterocycles. The lowest BCUT2D eigenvalue weighted by Crippen LogP contribution is -2.48. The van der Waals surface area contributed by atoms with E-state index in [1.54, 1.807) is 0 Å². The molecule has 1 saturated heterocycles. The van der Waals surface area contributed by atoms with E-state index in [1.165, 1.54) is 11.3 Å². The number of nitrogens with two attached hydrogens (primary N) is 1. The molecule has 0 radical (unpaired) electrons. The quantitative estimate of drug-likeness (QED) is 0.772. The van der Waals surface area contributed by atoms with Crippen LogP contribution in [0.2, 0.25) is 0 Å². The molecule has 0 spiro atoms. The van der Waals surface area contributed by atoms with Crippen LogP contribution in [0.15, 0.2) is 29.8 Å². The molecule has 2 aromatic heterocycles. The van der Waals surface area contributed by atoms with Gasteiger partial charge in [-0.2, -0.15) is 0 Å². The number of nitrogens with zero attached hydrogens (tertiary/aromatic N) is 4. The molecule has 0 aliphatic carbocycles. The lowest BCUT2D eigenvalue weighted by atomic mass is 10.2. The van der Waals surface area contributed by atoms with Crippen molar-refractivity contribution in [3.05, 3.63) is 46.2 Å².